The van der Waals surface area contributed by atoms with Gasteiger partial charge in [-0.25, -0.2) is 4.79 Å². The topological polar surface area (TPSA) is 111 Å². The van der Waals surface area contributed by atoms with Gasteiger partial charge in [0.1, 0.15) is 5.52 Å². The van der Waals surface area contributed by atoms with E-state index in [1.54, 1.807) is 12.1 Å². The summed E-state index contributed by atoms with van der Waals surface area (Å²) in [6, 6.07) is 8.81. The van der Waals surface area contributed by atoms with Crippen molar-refractivity contribution in [2.75, 3.05) is 18.4 Å². The number of carbonyl (C=O) groups is 2. The van der Waals surface area contributed by atoms with E-state index in [0.717, 1.165) is 19.6 Å². The summed E-state index contributed by atoms with van der Waals surface area (Å²) in [7, 11) is 0. The lowest BCUT2D eigenvalue weighted by Gasteiger charge is -2.26. The van der Waals surface area contributed by atoms with Crippen LogP contribution in [0.15, 0.2) is 34.7 Å². The summed E-state index contributed by atoms with van der Waals surface area (Å²) in [6.07, 6.45) is 3.80. The molecule has 2 aromatic heterocycles. The lowest BCUT2D eigenvalue weighted by atomic mass is 10.1. The Bertz CT molecular complexity index is 967. The van der Waals surface area contributed by atoms with E-state index in [4.69, 9.17) is 9.52 Å². The quantitative estimate of drug-likeness (QED) is 0.638. The molecule has 3 heterocycles. The molecule has 4 rings (SSSR count). The molecule has 1 fully saturated rings. The summed E-state index contributed by atoms with van der Waals surface area (Å²) in [5, 5.41) is 18.2. The first-order valence-corrected chi connectivity index (χ1v) is 8.94. The van der Waals surface area contributed by atoms with Gasteiger partial charge in [-0.05, 0) is 43.6 Å². The van der Waals surface area contributed by atoms with Crippen molar-refractivity contribution in [2.24, 2.45) is 0 Å². The highest BCUT2D eigenvalue weighted by molar-refractivity contribution is 6.07. The number of anilines is 1. The first-order valence-electron chi connectivity index (χ1n) is 8.94. The molecule has 8 nitrogen and oxygen atoms in total. The molecule has 0 unspecified atom stereocenters. The number of rotatable bonds is 5. The second-order valence-electron chi connectivity index (χ2n) is 6.72. The van der Waals surface area contributed by atoms with Crippen LogP contribution in [0, 0.1) is 0 Å². The smallest absolute Gasteiger partial charge is 0.371 e. The SMILES string of the molecule is O=C(Nc1n[nH]c2cc(C(=O)O)oc12)c1ccc(CN2CCCCC2)cc1. The van der Waals surface area contributed by atoms with E-state index in [1.807, 2.05) is 12.1 Å². The first-order chi connectivity index (χ1) is 13.1. The number of piperidine rings is 1. The number of likely N-dealkylation sites (tertiary alicyclic amines) is 1. The number of hydrogen-bond donors (Lipinski definition) is 3. The Morgan fingerprint density at radius 1 is 1.19 bits per heavy atom. The highest BCUT2D eigenvalue weighted by Gasteiger charge is 2.18. The molecule has 3 N–H and O–H groups in total. The maximum absolute atomic E-state index is 12.5. The lowest BCUT2D eigenvalue weighted by Crippen LogP contribution is -2.29. The molecule has 1 saturated heterocycles. The summed E-state index contributed by atoms with van der Waals surface area (Å²) in [5.74, 6) is -1.56. The van der Waals surface area contributed by atoms with Crippen molar-refractivity contribution in [1.29, 1.82) is 0 Å². The molecule has 1 aliphatic heterocycles. The van der Waals surface area contributed by atoms with Crippen LogP contribution in [-0.2, 0) is 6.54 Å². The van der Waals surface area contributed by atoms with Crippen LogP contribution >= 0.6 is 0 Å². The van der Waals surface area contributed by atoms with E-state index >= 15 is 0 Å². The fourth-order valence-corrected chi connectivity index (χ4v) is 3.32. The number of carboxylic acid groups (broad SMARTS) is 1. The van der Waals surface area contributed by atoms with E-state index in [1.165, 1.54) is 30.9 Å². The van der Waals surface area contributed by atoms with E-state index < -0.39 is 5.97 Å². The van der Waals surface area contributed by atoms with Crippen molar-refractivity contribution < 1.29 is 19.1 Å². The average molecular weight is 368 g/mol. The van der Waals surface area contributed by atoms with Gasteiger partial charge in [0.05, 0.1) is 0 Å². The molecule has 27 heavy (non-hydrogen) atoms. The Balaban J connectivity index is 1.44. The van der Waals surface area contributed by atoms with Crippen LogP contribution in [0.5, 0.6) is 0 Å². The minimum Gasteiger partial charge on any atom is -0.475 e. The maximum Gasteiger partial charge on any atom is 0.371 e. The molecule has 0 atom stereocenters. The fourth-order valence-electron chi connectivity index (χ4n) is 3.32. The highest BCUT2D eigenvalue weighted by Crippen LogP contribution is 2.24. The number of H-pyrrole nitrogens is 1. The second kappa shape index (κ2) is 7.24. The van der Waals surface area contributed by atoms with Gasteiger partial charge in [0, 0.05) is 18.2 Å². The molecule has 0 radical (unpaired) electrons. The van der Waals surface area contributed by atoms with E-state index in [0.29, 0.717) is 11.1 Å². The third-order valence-corrected chi connectivity index (χ3v) is 4.75. The van der Waals surface area contributed by atoms with Gasteiger partial charge >= 0.3 is 5.97 Å². The van der Waals surface area contributed by atoms with Crippen molar-refractivity contribution in [3.63, 3.8) is 0 Å². The summed E-state index contributed by atoms with van der Waals surface area (Å²) in [6.45, 7) is 3.14. The van der Waals surface area contributed by atoms with Gasteiger partial charge in [-0.3, -0.25) is 14.8 Å². The molecule has 8 heteroatoms. The Labute approximate surface area is 155 Å². The van der Waals surface area contributed by atoms with Crippen LogP contribution in [0.3, 0.4) is 0 Å². The Hall–Kier alpha value is -3.13. The Kier molecular flexibility index (Phi) is 4.64. The Morgan fingerprint density at radius 3 is 2.63 bits per heavy atom. The van der Waals surface area contributed by atoms with Crippen LogP contribution in [0.1, 0.15) is 45.7 Å². The number of aromatic nitrogens is 2. The van der Waals surface area contributed by atoms with Crippen molar-refractivity contribution >= 4 is 28.8 Å². The summed E-state index contributed by atoms with van der Waals surface area (Å²) < 4.78 is 5.23. The van der Waals surface area contributed by atoms with Crippen molar-refractivity contribution in [2.45, 2.75) is 25.8 Å². The first kappa shape index (κ1) is 17.3. The van der Waals surface area contributed by atoms with Gasteiger partial charge in [-0.1, -0.05) is 18.6 Å². The number of carbonyl (C=O) groups excluding carboxylic acids is 1. The monoisotopic (exact) mass is 368 g/mol. The zero-order valence-corrected chi connectivity index (χ0v) is 14.7. The number of carboxylic acids is 1. The lowest BCUT2D eigenvalue weighted by molar-refractivity contribution is 0.0665. The number of hydrogen-bond acceptors (Lipinski definition) is 5. The van der Waals surface area contributed by atoms with E-state index in [9.17, 15) is 9.59 Å². The number of nitrogens with zero attached hydrogens (tertiary/aromatic N) is 2. The van der Waals surface area contributed by atoms with Crippen molar-refractivity contribution in [1.82, 2.24) is 15.1 Å². The third-order valence-electron chi connectivity index (χ3n) is 4.75. The van der Waals surface area contributed by atoms with Crippen molar-refractivity contribution in [3.8, 4) is 0 Å². The molecule has 3 aromatic rings. The van der Waals surface area contributed by atoms with Gasteiger partial charge in [-0.2, -0.15) is 5.10 Å². The number of nitrogens with one attached hydrogen (secondary N) is 2. The molecular weight excluding hydrogens is 348 g/mol. The third kappa shape index (κ3) is 3.70. The molecule has 0 saturated carbocycles. The van der Waals surface area contributed by atoms with Crippen LogP contribution < -0.4 is 5.32 Å². The summed E-state index contributed by atoms with van der Waals surface area (Å²) in [4.78, 5) is 25.9. The zero-order chi connectivity index (χ0) is 18.8. The molecule has 0 aliphatic carbocycles. The maximum atomic E-state index is 12.5. The van der Waals surface area contributed by atoms with Gasteiger partial charge in [0.25, 0.3) is 5.91 Å². The molecule has 1 aliphatic rings. The van der Waals surface area contributed by atoms with Crippen LogP contribution in [0.4, 0.5) is 5.82 Å². The highest BCUT2D eigenvalue weighted by atomic mass is 16.4. The minimum absolute atomic E-state index is 0.167. The number of amides is 1. The predicted octanol–water partition coefficient (Wildman–Crippen LogP) is 3.09. The van der Waals surface area contributed by atoms with Crippen LogP contribution in [-0.4, -0.2) is 45.2 Å². The molecule has 1 aromatic carbocycles. The molecule has 140 valence electrons. The van der Waals surface area contributed by atoms with Gasteiger partial charge < -0.3 is 14.8 Å². The van der Waals surface area contributed by atoms with E-state index in [-0.39, 0.29) is 23.1 Å². The standard InChI is InChI=1S/C19H20N4O4/c24-18(20-17-16-14(21-22-17)10-15(27-16)19(25)26)13-6-4-12(5-7-13)11-23-8-2-1-3-9-23/h4-7,10H,1-3,8-9,11H2,(H,25,26)(H2,20,21,22,24). The van der Waals surface area contributed by atoms with Gasteiger partial charge in [0.15, 0.2) is 11.4 Å². The van der Waals surface area contributed by atoms with Crippen LogP contribution in [0.25, 0.3) is 11.1 Å². The number of benzene rings is 1. The second-order valence-corrected chi connectivity index (χ2v) is 6.72. The fraction of sp³-hybridized carbons (Fsp3) is 0.316. The van der Waals surface area contributed by atoms with Gasteiger partial charge in [0.2, 0.25) is 5.76 Å². The van der Waals surface area contributed by atoms with Crippen molar-refractivity contribution in [3.05, 3.63) is 47.2 Å². The molecule has 1 amide bonds. The number of furan rings is 1. The summed E-state index contributed by atoms with van der Waals surface area (Å²) >= 11 is 0. The van der Waals surface area contributed by atoms with Crippen LogP contribution in [0.2, 0.25) is 0 Å². The minimum atomic E-state index is -1.18. The molecule has 0 bridgehead atoms. The molecule has 0 spiro atoms. The van der Waals surface area contributed by atoms with E-state index in [2.05, 4.69) is 20.4 Å². The Morgan fingerprint density at radius 2 is 1.93 bits per heavy atom. The normalized spacial score (nSPS) is 15.1. The average Bonchev–Trinajstić information content (AvgIpc) is 3.25. The summed E-state index contributed by atoms with van der Waals surface area (Å²) in [5.41, 5.74) is 2.30. The number of aromatic amines is 1. The predicted molar refractivity (Wildman–Crippen MR) is 98.8 cm³/mol. The molecular formula is C19H20N4O4. The van der Waals surface area contributed by atoms with Gasteiger partial charge in [-0.15, -0.1) is 0 Å². The zero-order valence-electron chi connectivity index (χ0n) is 14.7. The number of aromatic carboxylic acids is 1. The number of fused-ring (bicyclic) bond motifs is 1. The largest absolute Gasteiger partial charge is 0.475 e.